The van der Waals surface area contributed by atoms with E-state index in [1.807, 2.05) is 45.0 Å². The number of para-hydroxylation sites is 1. The number of hydrogen-bond acceptors (Lipinski definition) is 3. The number of rotatable bonds is 4. The molecule has 1 aromatic rings. The van der Waals surface area contributed by atoms with E-state index < -0.39 is 0 Å². The summed E-state index contributed by atoms with van der Waals surface area (Å²) in [5.74, 6) is -0.0682. The van der Waals surface area contributed by atoms with Gasteiger partial charge in [0.1, 0.15) is 5.78 Å². The largest absolute Gasteiger partial charge is 0.339 e. The fourth-order valence-electron chi connectivity index (χ4n) is 3.19. The number of piperidine rings is 1. The van der Waals surface area contributed by atoms with Crippen LogP contribution in [0.15, 0.2) is 24.3 Å². The quantitative estimate of drug-likeness (QED) is 0.912. The normalized spacial score (nSPS) is 20.3. The Morgan fingerprint density at radius 3 is 2.36 bits per heavy atom. The third-order valence-electron chi connectivity index (χ3n) is 4.69. The first kappa shape index (κ1) is 19.0. The van der Waals surface area contributed by atoms with Crippen LogP contribution in [0, 0.1) is 11.8 Å². The van der Waals surface area contributed by atoms with Crippen LogP contribution in [0.1, 0.15) is 33.3 Å². The van der Waals surface area contributed by atoms with Crippen molar-refractivity contribution in [3.63, 3.8) is 0 Å². The minimum Gasteiger partial charge on any atom is -0.339 e. The van der Waals surface area contributed by atoms with E-state index in [0.29, 0.717) is 31.9 Å². The fourth-order valence-corrected chi connectivity index (χ4v) is 3.19. The molecule has 1 N–H and O–H groups in total. The summed E-state index contributed by atoms with van der Waals surface area (Å²) in [5.41, 5.74) is 1.59. The van der Waals surface area contributed by atoms with Crippen LogP contribution < -0.4 is 5.32 Å². The standard InChI is InChI=1S/C19H27N3O3/c1-5-21(15(4)23)12-16-8-6-7-9-17(16)20-19(25)22-10-13(2)18(24)14(3)11-22/h6-9,13-14H,5,10-12H2,1-4H3,(H,20,25)/t13-,14-/m1/s1. The molecule has 3 amide bonds. The van der Waals surface area contributed by atoms with E-state index in [9.17, 15) is 14.4 Å². The van der Waals surface area contributed by atoms with Gasteiger partial charge in [0.15, 0.2) is 0 Å². The Hall–Kier alpha value is -2.37. The summed E-state index contributed by atoms with van der Waals surface area (Å²) in [4.78, 5) is 39.6. The maximum Gasteiger partial charge on any atom is 0.321 e. The average Bonchev–Trinajstić information content (AvgIpc) is 2.57. The summed E-state index contributed by atoms with van der Waals surface area (Å²) >= 11 is 0. The molecule has 1 saturated heterocycles. The summed E-state index contributed by atoms with van der Waals surface area (Å²) in [6.45, 7) is 9.12. The Labute approximate surface area is 149 Å². The number of carbonyl (C=O) groups is 3. The van der Waals surface area contributed by atoms with Crippen molar-refractivity contribution in [3.8, 4) is 0 Å². The Morgan fingerprint density at radius 2 is 1.80 bits per heavy atom. The van der Waals surface area contributed by atoms with Crippen molar-refractivity contribution < 1.29 is 14.4 Å². The smallest absolute Gasteiger partial charge is 0.321 e. The highest BCUT2D eigenvalue weighted by Gasteiger charge is 2.32. The lowest BCUT2D eigenvalue weighted by molar-refractivity contribution is -0.129. The van der Waals surface area contributed by atoms with E-state index in [1.54, 1.807) is 9.80 Å². The second-order valence-electron chi connectivity index (χ2n) is 6.73. The van der Waals surface area contributed by atoms with Gasteiger partial charge in [0.2, 0.25) is 5.91 Å². The van der Waals surface area contributed by atoms with Crippen LogP contribution >= 0.6 is 0 Å². The van der Waals surface area contributed by atoms with Gasteiger partial charge in [-0.05, 0) is 18.6 Å². The number of nitrogens with one attached hydrogen (secondary N) is 1. The molecule has 1 aromatic carbocycles. The van der Waals surface area contributed by atoms with Crippen LogP contribution in [0.5, 0.6) is 0 Å². The molecule has 0 unspecified atom stereocenters. The van der Waals surface area contributed by atoms with E-state index >= 15 is 0 Å². The van der Waals surface area contributed by atoms with Crippen molar-refractivity contribution in [2.45, 2.75) is 34.2 Å². The Bertz CT molecular complexity index is 645. The van der Waals surface area contributed by atoms with Crippen molar-refractivity contribution >= 4 is 23.4 Å². The number of hydrogen-bond donors (Lipinski definition) is 1. The number of amides is 3. The predicted molar refractivity (Wildman–Crippen MR) is 97.1 cm³/mol. The van der Waals surface area contributed by atoms with Crippen molar-refractivity contribution in [2.24, 2.45) is 11.8 Å². The summed E-state index contributed by atoms with van der Waals surface area (Å²) in [7, 11) is 0. The lowest BCUT2D eigenvalue weighted by atomic mass is 9.90. The maximum atomic E-state index is 12.6. The minimum absolute atomic E-state index is 0.000761. The number of Topliss-reactive ketones (excluding diaryl/α,β-unsaturated/α-hetero) is 1. The van der Waals surface area contributed by atoms with Gasteiger partial charge >= 0.3 is 6.03 Å². The highest BCUT2D eigenvalue weighted by atomic mass is 16.2. The van der Waals surface area contributed by atoms with Crippen molar-refractivity contribution in [1.29, 1.82) is 0 Å². The van der Waals surface area contributed by atoms with Crippen LogP contribution in [0.3, 0.4) is 0 Å². The van der Waals surface area contributed by atoms with Gasteiger partial charge in [0.05, 0.1) is 0 Å². The molecule has 0 radical (unpaired) electrons. The van der Waals surface area contributed by atoms with Crippen LogP contribution in [-0.4, -0.2) is 47.2 Å². The van der Waals surface area contributed by atoms with Crippen LogP contribution in [-0.2, 0) is 16.1 Å². The topological polar surface area (TPSA) is 69.7 Å². The summed E-state index contributed by atoms with van der Waals surface area (Å²) in [5, 5.41) is 2.94. The molecule has 0 spiro atoms. The third kappa shape index (κ3) is 4.59. The SMILES string of the molecule is CCN(Cc1ccccc1NC(=O)N1C[C@@H](C)C(=O)[C@H](C)C1)C(C)=O. The number of benzene rings is 1. The number of likely N-dealkylation sites (tertiary alicyclic amines) is 1. The highest BCUT2D eigenvalue weighted by molar-refractivity contribution is 5.92. The second-order valence-corrected chi connectivity index (χ2v) is 6.73. The summed E-state index contributed by atoms with van der Waals surface area (Å²) < 4.78 is 0. The molecule has 0 aromatic heterocycles. The first-order valence-corrected chi connectivity index (χ1v) is 8.76. The molecule has 6 heteroatoms. The molecule has 2 rings (SSSR count). The molecule has 1 heterocycles. The van der Waals surface area contributed by atoms with E-state index in [2.05, 4.69) is 5.32 Å². The minimum atomic E-state index is -0.204. The molecule has 0 aliphatic carbocycles. The zero-order valence-electron chi connectivity index (χ0n) is 15.4. The first-order chi connectivity index (χ1) is 11.8. The fraction of sp³-hybridized carbons (Fsp3) is 0.526. The Morgan fingerprint density at radius 1 is 1.20 bits per heavy atom. The molecule has 136 valence electrons. The van der Waals surface area contributed by atoms with Gasteiger partial charge in [-0.2, -0.15) is 0 Å². The molecule has 0 saturated carbocycles. The lowest BCUT2D eigenvalue weighted by Gasteiger charge is -2.34. The predicted octanol–water partition coefficient (Wildman–Crippen LogP) is 2.74. The van der Waals surface area contributed by atoms with Gasteiger partial charge < -0.3 is 15.1 Å². The number of nitrogens with zero attached hydrogens (tertiary/aromatic N) is 2. The van der Waals surface area contributed by atoms with Crippen LogP contribution in [0.4, 0.5) is 10.5 Å². The molecule has 0 bridgehead atoms. The van der Waals surface area contributed by atoms with Crippen LogP contribution in [0.25, 0.3) is 0 Å². The van der Waals surface area contributed by atoms with Gasteiger partial charge in [-0.1, -0.05) is 32.0 Å². The molecule has 2 atom stereocenters. The maximum absolute atomic E-state index is 12.6. The van der Waals surface area contributed by atoms with Gasteiger partial charge in [0, 0.05) is 50.6 Å². The van der Waals surface area contributed by atoms with E-state index in [4.69, 9.17) is 0 Å². The number of anilines is 1. The Balaban J connectivity index is 2.11. The van der Waals surface area contributed by atoms with Gasteiger partial charge in [-0.25, -0.2) is 4.79 Å². The van der Waals surface area contributed by atoms with Gasteiger partial charge in [-0.3, -0.25) is 9.59 Å². The van der Waals surface area contributed by atoms with Crippen molar-refractivity contribution in [1.82, 2.24) is 9.80 Å². The number of urea groups is 1. The molecule has 1 aliphatic heterocycles. The molecular weight excluding hydrogens is 318 g/mol. The second kappa shape index (κ2) is 8.14. The van der Waals surface area contributed by atoms with Crippen LogP contribution in [0.2, 0.25) is 0 Å². The zero-order chi connectivity index (χ0) is 18.6. The summed E-state index contributed by atoms with van der Waals surface area (Å²) in [6.07, 6.45) is 0. The monoisotopic (exact) mass is 345 g/mol. The third-order valence-corrected chi connectivity index (χ3v) is 4.69. The number of ketones is 1. The number of carbonyl (C=O) groups excluding carboxylic acids is 3. The van der Waals surface area contributed by atoms with Gasteiger partial charge in [-0.15, -0.1) is 0 Å². The molecule has 1 fully saturated rings. The lowest BCUT2D eigenvalue weighted by Crippen LogP contribution is -2.49. The molecular formula is C19H27N3O3. The van der Waals surface area contributed by atoms with Crippen molar-refractivity contribution in [3.05, 3.63) is 29.8 Å². The first-order valence-electron chi connectivity index (χ1n) is 8.76. The Kier molecular flexibility index (Phi) is 6.17. The van der Waals surface area contributed by atoms with E-state index in [0.717, 1.165) is 5.56 Å². The molecule has 6 nitrogen and oxygen atoms in total. The molecule has 1 aliphatic rings. The van der Waals surface area contributed by atoms with E-state index in [1.165, 1.54) is 6.92 Å². The van der Waals surface area contributed by atoms with E-state index in [-0.39, 0.29) is 29.6 Å². The van der Waals surface area contributed by atoms with Crippen molar-refractivity contribution in [2.75, 3.05) is 25.0 Å². The summed E-state index contributed by atoms with van der Waals surface area (Å²) in [6, 6.07) is 7.29. The average molecular weight is 345 g/mol. The van der Waals surface area contributed by atoms with Gasteiger partial charge in [0.25, 0.3) is 0 Å². The highest BCUT2D eigenvalue weighted by Crippen LogP contribution is 2.21. The zero-order valence-corrected chi connectivity index (χ0v) is 15.4. The molecule has 25 heavy (non-hydrogen) atoms.